The quantitative estimate of drug-likeness (QED) is 0.774. The molecule has 3 rings (SSSR count). The van der Waals surface area contributed by atoms with E-state index in [-0.39, 0.29) is 6.10 Å². The lowest BCUT2D eigenvalue weighted by Crippen LogP contribution is -2.01. The highest BCUT2D eigenvalue weighted by atomic mass is 16.5. The molecule has 1 aliphatic carbocycles. The second kappa shape index (κ2) is 4.62. The molecule has 0 amide bonds. The molecule has 0 bridgehead atoms. The summed E-state index contributed by atoms with van der Waals surface area (Å²) < 4.78 is 5.47. The summed E-state index contributed by atoms with van der Waals surface area (Å²) in [5, 5.41) is 12.6. The number of aryl methyl sites for hydroxylation is 1. The zero-order chi connectivity index (χ0) is 12.5. The van der Waals surface area contributed by atoms with Crippen molar-refractivity contribution in [1.29, 1.82) is 0 Å². The molecule has 18 heavy (non-hydrogen) atoms. The third-order valence-electron chi connectivity index (χ3n) is 3.89. The van der Waals surface area contributed by atoms with Gasteiger partial charge in [-0.15, -0.1) is 0 Å². The van der Waals surface area contributed by atoms with E-state index in [2.05, 4.69) is 18.2 Å². The molecular formula is C16H18O2. The molecule has 94 valence electrons. The molecule has 0 saturated carbocycles. The Morgan fingerprint density at radius 2 is 1.94 bits per heavy atom. The van der Waals surface area contributed by atoms with Crippen LogP contribution in [0.25, 0.3) is 10.8 Å². The van der Waals surface area contributed by atoms with Crippen LogP contribution in [-0.2, 0) is 6.42 Å². The smallest absolute Gasteiger partial charge is 0.127 e. The molecule has 2 heteroatoms. The number of ether oxygens (including phenoxy) is 1. The fraction of sp³-hybridized carbons (Fsp3) is 0.375. The molecule has 1 N–H and O–H groups in total. The van der Waals surface area contributed by atoms with E-state index in [0.29, 0.717) is 0 Å². The van der Waals surface area contributed by atoms with Crippen molar-refractivity contribution < 1.29 is 9.84 Å². The van der Waals surface area contributed by atoms with E-state index in [1.807, 2.05) is 12.1 Å². The van der Waals surface area contributed by atoms with E-state index < -0.39 is 0 Å². The van der Waals surface area contributed by atoms with Crippen LogP contribution in [-0.4, -0.2) is 12.2 Å². The van der Waals surface area contributed by atoms with Gasteiger partial charge >= 0.3 is 0 Å². The van der Waals surface area contributed by atoms with Crippen molar-refractivity contribution in [3.8, 4) is 5.75 Å². The molecule has 2 aromatic rings. The normalized spacial score (nSPS) is 19.3. The van der Waals surface area contributed by atoms with Gasteiger partial charge in [0.1, 0.15) is 5.75 Å². The zero-order valence-corrected chi connectivity index (χ0v) is 10.6. The van der Waals surface area contributed by atoms with Crippen molar-refractivity contribution in [3.05, 3.63) is 41.5 Å². The predicted molar refractivity (Wildman–Crippen MR) is 73.0 cm³/mol. The van der Waals surface area contributed by atoms with Gasteiger partial charge in [0, 0.05) is 5.39 Å². The second-order valence-electron chi connectivity index (χ2n) is 4.95. The lowest BCUT2D eigenvalue weighted by Gasteiger charge is -2.17. The maximum atomic E-state index is 10.3. The maximum absolute atomic E-state index is 10.3. The third kappa shape index (κ3) is 1.77. The Hall–Kier alpha value is -1.54. The molecule has 0 saturated heterocycles. The first-order valence-corrected chi connectivity index (χ1v) is 6.58. The summed E-state index contributed by atoms with van der Waals surface area (Å²) in [6, 6.07) is 10.3. The minimum atomic E-state index is -0.346. The van der Waals surface area contributed by atoms with E-state index in [9.17, 15) is 5.11 Å². The topological polar surface area (TPSA) is 29.5 Å². The van der Waals surface area contributed by atoms with Gasteiger partial charge in [0.15, 0.2) is 0 Å². The zero-order valence-electron chi connectivity index (χ0n) is 10.6. The standard InChI is InChI=1S/C16H18O2/c1-18-16-10-14-12(7-4-5-9-15(14)17)11-6-2-3-8-13(11)16/h2-3,6,8,10,15,17H,4-5,7,9H2,1H3. The Kier molecular flexibility index (Phi) is 2.96. The van der Waals surface area contributed by atoms with Crippen LogP contribution in [0.2, 0.25) is 0 Å². The molecule has 2 nitrogen and oxygen atoms in total. The van der Waals surface area contributed by atoms with Crippen molar-refractivity contribution >= 4 is 10.8 Å². The number of aliphatic hydroxyl groups is 1. The van der Waals surface area contributed by atoms with Crippen molar-refractivity contribution in [2.45, 2.75) is 31.8 Å². The number of rotatable bonds is 1. The Labute approximate surface area is 107 Å². The van der Waals surface area contributed by atoms with Gasteiger partial charge in [0.2, 0.25) is 0 Å². The average Bonchev–Trinajstić information content (AvgIpc) is 2.60. The number of aliphatic hydroxyl groups excluding tert-OH is 1. The fourth-order valence-corrected chi connectivity index (χ4v) is 2.96. The molecular weight excluding hydrogens is 224 g/mol. The van der Waals surface area contributed by atoms with E-state index in [0.717, 1.165) is 42.4 Å². The monoisotopic (exact) mass is 242 g/mol. The summed E-state index contributed by atoms with van der Waals surface area (Å²) in [4.78, 5) is 0. The highest BCUT2D eigenvalue weighted by Crippen LogP contribution is 2.38. The van der Waals surface area contributed by atoms with Crippen LogP contribution in [0.5, 0.6) is 5.75 Å². The Morgan fingerprint density at radius 3 is 2.72 bits per heavy atom. The molecule has 1 aliphatic rings. The number of hydrogen-bond donors (Lipinski definition) is 1. The second-order valence-corrected chi connectivity index (χ2v) is 4.95. The molecule has 0 radical (unpaired) electrons. The number of methoxy groups -OCH3 is 1. The molecule has 0 spiro atoms. The molecule has 0 aliphatic heterocycles. The van der Waals surface area contributed by atoms with Gasteiger partial charge in [-0.1, -0.05) is 30.7 Å². The van der Waals surface area contributed by atoms with Crippen LogP contribution in [0.3, 0.4) is 0 Å². The van der Waals surface area contributed by atoms with Crippen LogP contribution < -0.4 is 4.74 Å². The Bertz CT molecular complexity index is 575. The Balaban J connectivity index is 2.33. The number of benzene rings is 2. The first-order valence-electron chi connectivity index (χ1n) is 6.58. The molecule has 2 aromatic carbocycles. The first kappa shape index (κ1) is 11.5. The van der Waals surface area contributed by atoms with Crippen LogP contribution in [0, 0.1) is 0 Å². The largest absolute Gasteiger partial charge is 0.496 e. The predicted octanol–water partition coefficient (Wildman–Crippen LogP) is 3.61. The molecule has 0 heterocycles. The first-order chi connectivity index (χ1) is 8.81. The van der Waals surface area contributed by atoms with E-state index in [1.54, 1.807) is 7.11 Å². The van der Waals surface area contributed by atoms with Crippen LogP contribution in [0.4, 0.5) is 0 Å². The Morgan fingerprint density at radius 1 is 1.17 bits per heavy atom. The fourth-order valence-electron chi connectivity index (χ4n) is 2.96. The SMILES string of the molecule is COc1cc2c(c3ccccc13)CCCCC2O. The van der Waals surface area contributed by atoms with Crippen LogP contribution in [0.1, 0.15) is 36.5 Å². The maximum Gasteiger partial charge on any atom is 0.127 e. The lowest BCUT2D eigenvalue weighted by molar-refractivity contribution is 0.166. The van der Waals surface area contributed by atoms with Crippen molar-refractivity contribution in [1.82, 2.24) is 0 Å². The van der Waals surface area contributed by atoms with Gasteiger partial charge < -0.3 is 9.84 Å². The van der Waals surface area contributed by atoms with Crippen LogP contribution >= 0.6 is 0 Å². The van der Waals surface area contributed by atoms with Crippen LogP contribution in [0.15, 0.2) is 30.3 Å². The highest BCUT2D eigenvalue weighted by Gasteiger charge is 2.20. The van der Waals surface area contributed by atoms with E-state index in [4.69, 9.17) is 4.74 Å². The summed E-state index contributed by atoms with van der Waals surface area (Å²) in [6.07, 6.45) is 3.80. The van der Waals surface area contributed by atoms with Gasteiger partial charge in [-0.2, -0.15) is 0 Å². The summed E-state index contributed by atoms with van der Waals surface area (Å²) in [5.41, 5.74) is 2.36. The average molecular weight is 242 g/mol. The molecule has 0 fully saturated rings. The van der Waals surface area contributed by atoms with Crippen molar-refractivity contribution in [2.75, 3.05) is 7.11 Å². The van der Waals surface area contributed by atoms with E-state index in [1.165, 1.54) is 10.9 Å². The number of fused-ring (bicyclic) bond motifs is 3. The van der Waals surface area contributed by atoms with Gasteiger partial charge in [0.25, 0.3) is 0 Å². The van der Waals surface area contributed by atoms with Crippen molar-refractivity contribution in [2.24, 2.45) is 0 Å². The molecule has 1 unspecified atom stereocenters. The summed E-state index contributed by atoms with van der Waals surface area (Å²) in [6.45, 7) is 0. The minimum absolute atomic E-state index is 0.346. The van der Waals surface area contributed by atoms with Gasteiger partial charge in [-0.25, -0.2) is 0 Å². The van der Waals surface area contributed by atoms with Gasteiger partial charge in [-0.05, 0) is 41.8 Å². The summed E-state index contributed by atoms with van der Waals surface area (Å²) in [5.74, 6) is 0.866. The molecule has 0 aromatic heterocycles. The van der Waals surface area contributed by atoms with Crippen molar-refractivity contribution in [3.63, 3.8) is 0 Å². The summed E-state index contributed by atoms with van der Waals surface area (Å²) >= 11 is 0. The highest BCUT2D eigenvalue weighted by molar-refractivity contribution is 5.92. The number of hydrogen-bond acceptors (Lipinski definition) is 2. The third-order valence-corrected chi connectivity index (χ3v) is 3.89. The lowest BCUT2D eigenvalue weighted by atomic mass is 9.94. The minimum Gasteiger partial charge on any atom is -0.496 e. The summed E-state index contributed by atoms with van der Waals surface area (Å²) in [7, 11) is 1.69. The van der Waals surface area contributed by atoms with E-state index >= 15 is 0 Å². The van der Waals surface area contributed by atoms with Gasteiger partial charge in [0.05, 0.1) is 13.2 Å². The van der Waals surface area contributed by atoms with Gasteiger partial charge in [-0.3, -0.25) is 0 Å². The molecule has 1 atom stereocenters.